The summed E-state index contributed by atoms with van der Waals surface area (Å²) in [6.45, 7) is 4.76. The second-order valence-corrected chi connectivity index (χ2v) is 23.5. The number of aromatic nitrogens is 1. The van der Waals surface area contributed by atoms with Crippen LogP contribution in [-0.2, 0) is 10.8 Å². The average Bonchev–Trinajstić information content (AvgIpc) is 1.75. The smallest absolute Gasteiger partial charge is 0.0725 e. The quantitative estimate of drug-likeness (QED) is 0.147. The summed E-state index contributed by atoms with van der Waals surface area (Å²) in [5, 5.41) is 2.48. The summed E-state index contributed by atoms with van der Waals surface area (Å²) in [7, 11) is 0. The van der Waals surface area contributed by atoms with Crippen molar-refractivity contribution < 1.29 is 0 Å². The molecule has 0 bridgehead atoms. The molecule has 14 aromatic rings. The topological polar surface area (TPSA) is 8.17 Å². The molecular formula is C82H56N2. The van der Waals surface area contributed by atoms with E-state index in [1.165, 1.54) is 128 Å². The van der Waals surface area contributed by atoms with Crippen LogP contribution in [0.1, 0.15) is 47.2 Å². The SMILES string of the molecule is CC1(C)c2ccccc2-c2cc3c4cc(-c5cccc(N(c6ccc(-c7ccccc7)cc6)c6ccc(-c7cccc8c7-c7ccccc7C87c8ccccc8-c8ccccc87)cc6)c5)ccc4n(-c4cccc(-c5ccccc5)c4)c3cc21. The van der Waals surface area contributed by atoms with Gasteiger partial charge in [-0.3, -0.25) is 0 Å². The number of hydrogen-bond donors (Lipinski definition) is 0. The van der Waals surface area contributed by atoms with Gasteiger partial charge in [0.2, 0.25) is 0 Å². The van der Waals surface area contributed by atoms with E-state index in [4.69, 9.17) is 0 Å². The van der Waals surface area contributed by atoms with Gasteiger partial charge in [-0.15, -0.1) is 0 Å². The summed E-state index contributed by atoms with van der Waals surface area (Å²) >= 11 is 0. The molecule has 0 atom stereocenters. The van der Waals surface area contributed by atoms with Gasteiger partial charge < -0.3 is 9.47 Å². The number of fused-ring (bicyclic) bond motifs is 16. The predicted octanol–water partition coefficient (Wildman–Crippen LogP) is 21.6. The van der Waals surface area contributed by atoms with Crippen molar-refractivity contribution in [2.45, 2.75) is 24.7 Å². The molecule has 0 amide bonds. The number of rotatable bonds is 8. The molecule has 0 fully saturated rings. The Morgan fingerprint density at radius 2 is 0.714 bits per heavy atom. The molecule has 0 unspecified atom stereocenters. The van der Waals surface area contributed by atoms with Crippen LogP contribution >= 0.6 is 0 Å². The summed E-state index contributed by atoms with van der Waals surface area (Å²) in [5.74, 6) is 0. The zero-order valence-corrected chi connectivity index (χ0v) is 46.8. The van der Waals surface area contributed by atoms with Crippen LogP contribution in [-0.4, -0.2) is 4.57 Å². The third kappa shape index (κ3) is 7.04. The van der Waals surface area contributed by atoms with Crippen molar-refractivity contribution in [3.63, 3.8) is 0 Å². The van der Waals surface area contributed by atoms with Crippen LogP contribution in [0.4, 0.5) is 17.1 Å². The maximum absolute atomic E-state index is 2.49. The van der Waals surface area contributed by atoms with Crippen LogP contribution in [0.3, 0.4) is 0 Å². The van der Waals surface area contributed by atoms with E-state index in [9.17, 15) is 0 Å². The zero-order chi connectivity index (χ0) is 55.7. The molecule has 0 saturated carbocycles. The minimum Gasteiger partial charge on any atom is -0.310 e. The fourth-order valence-electron chi connectivity index (χ4n) is 15.0. The molecule has 1 heterocycles. The third-order valence-electron chi connectivity index (χ3n) is 18.8. The lowest BCUT2D eigenvalue weighted by molar-refractivity contribution is 0.661. The van der Waals surface area contributed by atoms with Crippen molar-refractivity contribution in [3.8, 4) is 83.6 Å². The minimum absolute atomic E-state index is 0.139. The Bertz CT molecular complexity index is 4920. The van der Waals surface area contributed by atoms with Crippen molar-refractivity contribution >= 4 is 38.9 Å². The van der Waals surface area contributed by atoms with E-state index in [1.807, 2.05) is 0 Å². The van der Waals surface area contributed by atoms with E-state index in [1.54, 1.807) is 0 Å². The second-order valence-electron chi connectivity index (χ2n) is 23.5. The standard InChI is InChI=1S/C82H56N2/c1-81(2)72-33-13-9-30-67(72)69-51-71-70-50-59(42-47-78(70)84(79(71)52-77(69)81)63-27-17-24-57(48-63)54-22-7-4-8-23-54)58-25-18-26-62(49-58)83(60-43-38-55(39-44-60)53-20-5-3-6-21-53)61-45-40-56(41-46-61)64-32-19-37-76-80(64)68-31-12-16-36-75(68)82(76)73-34-14-10-28-65(73)66-29-11-15-35-74(66)82/h3-52H,1-2H3. The zero-order valence-electron chi connectivity index (χ0n) is 46.8. The molecule has 2 heteroatoms. The maximum Gasteiger partial charge on any atom is 0.0725 e. The number of hydrogen-bond acceptors (Lipinski definition) is 1. The highest BCUT2D eigenvalue weighted by Crippen LogP contribution is 2.64. The highest BCUT2D eigenvalue weighted by molar-refractivity contribution is 6.13. The van der Waals surface area contributed by atoms with Gasteiger partial charge in [0.15, 0.2) is 0 Å². The van der Waals surface area contributed by atoms with Crippen molar-refractivity contribution in [1.29, 1.82) is 0 Å². The van der Waals surface area contributed by atoms with Crippen LogP contribution in [0.15, 0.2) is 303 Å². The van der Waals surface area contributed by atoms with Crippen molar-refractivity contribution in [3.05, 3.63) is 337 Å². The first-order valence-electron chi connectivity index (χ1n) is 29.4. The van der Waals surface area contributed by atoms with E-state index in [2.05, 4.69) is 327 Å². The van der Waals surface area contributed by atoms with Crippen LogP contribution in [0.5, 0.6) is 0 Å². The molecule has 0 radical (unpaired) electrons. The number of benzene rings is 13. The highest BCUT2D eigenvalue weighted by Gasteiger charge is 2.52. The highest BCUT2D eigenvalue weighted by atomic mass is 15.1. The van der Waals surface area contributed by atoms with E-state index in [0.717, 1.165) is 28.3 Å². The van der Waals surface area contributed by atoms with Gasteiger partial charge in [-0.2, -0.15) is 0 Å². The summed E-state index contributed by atoms with van der Waals surface area (Å²) in [4.78, 5) is 2.42. The lowest BCUT2D eigenvalue weighted by Crippen LogP contribution is -2.25. The number of anilines is 3. The molecule has 0 saturated heterocycles. The fraction of sp³-hybridized carbons (Fsp3) is 0.0488. The third-order valence-corrected chi connectivity index (χ3v) is 18.8. The van der Waals surface area contributed by atoms with Crippen molar-refractivity contribution in [2.24, 2.45) is 0 Å². The van der Waals surface area contributed by atoms with Gasteiger partial charge in [-0.25, -0.2) is 0 Å². The van der Waals surface area contributed by atoms with E-state index < -0.39 is 5.41 Å². The average molecular weight is 1070 g/mol. The molecule has 1 spiro atoms. The van der Waals surface area contributed by atoms with E-state index >= 15 is 0 Å². The van der Waals surface area contributed by atoms with Crippen LogP contribution in [0.25, 0.3) is 105 Å². The normalized spacial score (nSPS) is 13.5. The molecule has 394 valence electrons. The summed E-state index contributed by atoms with van der Waals surface area (Å²) < 4.78 is 2.49. The molecule has 84 heavy (non-hydrogen) atoms. The molecule has 2 nitrogen and oxygen atoms in total. The van der Waals surface area contributed by atoms with Gasteiger partial charge in [0, 0.05) is 38.9 Å². The summed E-state index contributed by atoms with van der Waals surface area (Å²) in [5.41, 5.74) is 31.9. The molecule has 3 aliphatic rings. The van der Waals surface area contributed by atoms with Gasteiger partial charge in [0.05, 0.1) is 16.4 Å². The Kier molecular flexibility index (Phi) is 10.6. The van der Waals surface area contributed by atoms with Crippen molar-refractivity contribution in [1.82, 2.24) is 4.57 Å². The van der Waals surface area contributed by atoms with Gasteiger partial charge in [-0.05, 0) is 184 Å². The van der Waals surface area contributed by atoms with Crippen molar-refractivity contribution in [2.75, 3.05) is 4.90 Å². The van der Waals surface area contributed by atoms with Gasteiger partial charge in [0.1, 0.15) is 0 Å². The number of nitrogens with zero attached hydrogens (tertiary/aromatic N) is 2. The lowest BCUT2D eigenvalue weighted by atomic mass is 9.70. The van der Waals surface area contributed by atoms with Crippen LogP contribution in [0, 0.1) is 0 Å². The molecule has 0 N–H and O–H groups in total. The Labute approximate surface area is 490 Å². The Morgan fingerprint density at radius 1 is 0.262 bits per heavy atom. The molecule has 17 rings (SSSR count). The first kappa shape index (κ1) is 48.2. The Morgan fingerprint density at radius 3 is 1.38 bits per heavy atom. The summed E-state index contributed by atoms with van der Waals surface area (Å²) in [6.07, 6.45) is 0. The molecular weight excluding hydrogens is 1010 g/mol. The van der Waals surface area contributed by atoms with E-state index in [0.29, 0.717) is 0 Å². The lowest BCUT2D eigenvalue weighted by Gasteiger charge is -2.30. The fourth-order valence-corrected chi connectivity index (χ4v) is 15.0. The Hall–Kier alpha value is -10.5. The first-order valence-corrected chi connectivity index (χ1v) is 29.4. The van der Waals surface area contributed by atoms with E-state index in [-0.39, 0.29) is 5.41 Å². The Balaban J connectivity index is 0.804. The molecule has 0 aliphatic heterocycles. The molecule has 3 aliphatic carbocycles. The monoisotopic (exact) mass is 1070 g/mol. The largest absolute Gasteiger partial charge is 0.310 e. The summed E-state index contributed by atoms with van der Waals surface area (Å²) in [6, 6.07) is 113. The van der Waals surface area contributed by atoms with Crippen LogP contribution in [0.2, 0.25) is 0 Å². The van der Waals surface area contributed by atoms with Gasteiger partial charge >= 0.3 is 0 Å². The molecule has 13 aromatic carbocycles. The molecule has 1 aromatic heterocycles. The van der Waals surface area contributed by atoms with Gasteiger partial charge in [0.25, 0.3) is 0 Å². The van der Waals surface area contributed by atoms with Crippen LogP contribution < -0.4 is 4.90 Å². The first-order chi connectivity index (χ1) is 41.4. The second kappa shape index (κ2) is 18.5. The predicted molar refractivity (Wildman–Crippen MR) is 351 cm³/mol. The van der Waals surface area contributed by atoms with Gasteiger partial charge in [-0.1, -0.05) is 244 Å². The minimum atomic E-state index is -0.400. The maximum atomic E-state index is 2.49.